The van der Waals surface area contributed by atoms with Gasteiger partial charge in [-0.1, -0.05) is 35.8 Å². The number of aromatic nitrogens is 2. The third kappa shape index (κ3) is 4.96. The summed E-state index contributed by atoms with van der Waals surface area (Å²) in [5.41, 5.74) is 7.18. The highest BCUT2D eigenvalue weighted by Gasteiger charge is 2.22. The van der Waals surface area contributed by atoms with Gasteiger partial charge in [0.25, 0.3) is 0 Å². The summed E-state index contributed by atoms with van der Waals surface area (Å²) in [5, 5.41) is 8.18. The zero-order chi connectivity index (χ0) is 21.8. The maximum atomic E-state index is 12.2. The average molecular weight is 453 g/mol. The van der Waals surface area contributed by atoms with E-state index in [0.717, 1.165) is 22.4 Å². The highest BCUT2D eigenvalue weighted by Crippen LogP contribution is 2.30. The Balaban J connectivity index is 1.39. The summed E-state index contributed by atoms with van der Waals surface area (Å²) < 4.78 is 0. The molecule has 0 bridgehead atoms. The van der Waals surface area contributed by atoms with E-state index in [9.17, 15) is 4.79 Å². The van der Waals surface area contributed by atoms with Crippen molar-refractivity contribution in [1.82, 2.24) is 20.7 Å². The van der Waals surface area contributed by atoms with Gasteiger partial charge in [-0.2, -0.15) is 0 Å². The van der Waals surface area contributed by atoms with E-state index in [0.29, 0.717) is 28.1 Å². The van der Waals surface area contributed by atoms with E-state index in [2.05, 4.69) is 32.6 Å². The highest BCUT2D eigenvalue weighted by molar-refractivity contribution is 6.35. The van der Waals surface area contributed by atoms with Crippen LogP contribution in [0.4, 0.5) is 16.3 Å². The number of hydrazine groups is 1. The first kappa shape index (κ1) is 20.7. The van der Waals surface area contributed by atoms with Crippen LogP contribution in [0.15, 0.2) is 79.5 Å². The van der Waals surface area contributed by atoms with Gasteiger partial charge in [-0.05, 0) is 42.0 Å². The molecule has 0 saturated heterocycles. The molecular weight excluding hydrogens is 435 g/mol. The summed E-state index contributed by atoms with van der Waals surface area (Å²) in [6, 6.07) is 12.0. The van der Waals surface area contributed by atoms with Crippen molar-refractivity contribution in [2.75, 3.05) is 10.3 Å². The van der Waals surface area contributed by atoms with Crippen molar-refractivity contribution in [2.24, 2.45) is 0 Å². The molecule has 1 aliphatic rings. The van der Waals surface area contributed by atoms with Crippen LogP contribution in [0, 0.1) is 0 Å². The number of hydrogen-bond donors (Lipinski definition) is 3. The second kappa shape index (κ2) is 9.07. The van der Waals surface area contributed by atoms with Crippen LogP contribution in [0.25, 0.3) is 5.57 Å². The van der Waals surface area contributed by atoms with Crippen LogP contribution in [-0.2, 0) is 6.54 Å². The summed E-state index contributed by atoms with van der Waals surface area (Å²) in [6.45, 7) is 4.47. The van der Waals surface area contributed by atoms with Crippen molar-refractivity contribution in [3.63, 3.8) is 0 Å². The largest absolute Gasteiger partial charge is 0.334 e. The van der Waals surface area contributed by atoms with Gasteiger partial charge < -0.3 is 10.6 Å². The van der Waals surface area contributed by atoms with Gasteiger partial charge in [-0.25, -0.2) is 14.8 Å². The predicted molar refractivity (Wildman–Crippen MR) is 124 cm³/mol. The molecule has 31 heavy (non-hydrogen) atoms. The van der Waals surface area contributed by atoms with E-state index in [4.69, 9.17) is 23.2 Å². The van der Waals surface area contributed by atoms with Crippen LogP contribution in [0.1, 0.15) is 11.1 Å². The van der Waals surface area contributed by atoms with Crippen molar-refractivity contribution in [3.05, 3.63) is 101 Å². The molecule has 3 N–H and O–H groups in total. The fourth-order valence-electron chi connectivity index (χ4n) is 3.06. The molecule has 0 radical (unpaired) electrons. The lowest BCUT2D eigenvalue weighted by atomic mass is 10.1. The molecule has 0 saturated carbocycles. The fraction of sp³-hybridized carbons (Fsp3) is 0.0455. The minimum Gasteiger partial charge on any atom is -0.334 e. The van der Waals surface area contributed by atoms with Crippen LogP contribution < -0.4 is 21.1 Å². The molecule has 3 aromatic rings. The number of nitrogens with zero attached hydrogens (tertiary/aromatic N) is 3. The summed E-state index contributed by atoms with van der Waals surface area (Å²) in [4.78, 5) is 20.8. The van der Waals surface area contributed by atoms with E-state index in [1.807, 2.05) is 30.5 Å². The van der Waals surface area contributed by atoms with Crippen LogP contribution in [0.2, 0.25) is 10.0 Å². The van der Waals surface area contributed by atoms with Gasteiger partial charge in [0, 0.05) is 58.2 Å². The van der Waals surface area contributed by atoms with Crippen LogP contribution >= 0.6 is 23.2 Å². The van der Waals surface area contributed by atoms with Gasteiger partial charge in [-0.15, -0.1) is 0 Å². The monoisotopic (exact) mass is 452 g/mol. The number of carbonyl (C=O) groups is 1. The molecule has 0 unspecified atom stereocenters. The minimum atomic E-state index is -0.374. The number of urea groups is 1. The number of rotatable bonds is 5. The minimum absolute atomic E-state index is 0.304. The number of carbonyl (C=O) groups excluding carboxylic acids is 1. The predicted octanol–water partition coefficient (Wildman–Crippen LogP) is 4.98. The average Bonchev–Trinajstić information content (AvgIpc) is 3.14. The van der Waals surface area contributed by atoms with Crippen molar-refractivity contribution in [2.45, 2.75) is 6.54 Å². The number of halogens is 2. The highest BCUT2D eigenvalue weighted by atomic mass is 35.5. The van der Waals surface area contributed by atoms with Crippen molar-refractivity contribution >= 4 is 46.3 Å². The first-order valence-corrected chi connectivity index (χ1v) is 10.1. The summed E-state index contributed by atoms with van der Waals surface area (Å²) in [7, 11) is 0. The Labute approximate surface area is 189 Å². The molecule has 7 nitrogen and oxygen atoms in total. The van der Waals surface area contributed by atoms with Gasteiger partial charge in [0.05, 0.1) is 5.70 Å². The molecule has 9 heteroatoms. The Morgan fingerprint density at radius 2 is 1.94 bits per heavy atom. The number of hydrogen-bond acceptors (Lipinski definition) is 5. The molecule has 0 atom stereocenters. The van der Waals surface area contributed by atoms with E-state index in [1.165, 1.54) is 0 Å². The topological polar surface area (TPSA) is 82.2 Å². The lowest BCUT2D eigenvalue weighted by Crippen LogP contribution is -2.30. The number of pyridine rings is 2. The maximum Gasteiger partial charge on any atom is 0.319 e. The second-order valence-corrected chi connectivity index (χ2v) is 7.57. The van der Waals surface area contributed by atoms with Crippen LogP contribution in [0.3, 0.4) is 0 Å². The standard InChI is InChI=1S/C22H18Cl2N6O/c1-14-20(16-3-2-5-25-12-16)13-28-30(14)21-7-15(4-6-26-21)11-27-22(31)29-19-9-17(23)8-18(24)10-19/h2-10,12-13,28H,1,11H2,(H2,27,29,31). The first-order valence-electron chi connectivity index (χ1n) is 9.31. The number of amides is 2. The lowest BCUT2D eigenvalue weighted by molar-refractivity contribution is 0.251. The molecule has 0 spiro atoms. The summed E-state index contributed by atoms with van der Waals surface area (Å²) in [6.07, 6.45) is 7.04. The third-order valence-corrected chi connectivity index (χ3v) is 4.94. The molecule has 4 rings (SSSR count). The molecule has 2 amide bonds. The van der Waals surface area contributed by atoms with Crippen LogP contribution in [-0.4, -0.2) is 16.0 Å². The Morgan fingerprint density at radius 1 is 1.13 bits per heavy atom. The number of anilines is 2. The lowest BCUT2D eigenvalue weighted by Gasteiger charge is -2.20. The SMILES string of the molecule is C=C1C(c2cccnc2)=CNN1c1cc(CNC(=O)Nc2cc(Cl)cc(Cl)c2)ccn1. The van der Waals surface area contributed by atoms with E-state index < -0.39 is 0 Å². The molecule has 1 aromatic carbocycles. The zero-order valence-electron chi connectivity index (χ0n) is 16.3. The Bertz CT molecular complexity index is 1150. The van der Waals surface area contributed by atoms with Gasteiger partial charge in [0.2, 0.25) is 0 Å². The molecule has 0 aliphatic carbocycles. The molecule has 3 heterocycles. The smallest absolute Gasteiger partial charge is 0.319 e. The van der Waals surface area contributed by atoms with Gasteiger partial charge >= 0.3 is 6.03 Å². The molecular formula is C22H18Cl2N6O. The summed E-state index contributed by atoms with van der Waals surface area (Å²) >= 11 is 11.9. The van der Waals surface area contributed by atoms with Gasteiger partial charge in [0.15, 0.2) is 5.82 Å². The molecule has 0 fully saturated rings. The Kier molecular flexibility index (Phi) is 6.06. The van der Waals surface area contributed by atoms with E-state index in [1.54, 1.807) is 41.8 Å². The fourth-order valence-corrected chi connectivity index (χ4v) is 3.59. The number of nitrogens with one attached hydrogen (secondary N) is 3. The Morgan fingerprint density at radius 3 is 2.68 bits per heavy atom. The van der Waals surface area contributed by atoms with Crippen molar-refractivity contribution in [3.8, 4) is 0 Å². The molecule has 2 aromatic heterocycles. The van der Waals surface area contributed by atoms with Crippen molar-refractivity contribution in [1.29, 1.82) is 0 Å². The zero-order valence-corrected chi connectivity index (χ0v) is 17.8. The quantitative estimate of drug-likeness (QED) is 0.508. The van der Waals surface area contributed by atoms with E-state index >= 15 is 0 Å². The normalized spacial score (nSPS) is 12.9. The van der Waals surface area contributed by atoms with E-state index in [-0.39, 0.29) is 6.03 Å². The molecule has 156 valence electrons. The third-order valence-electron chi connectivity index (χ3n) is 4.50. The maximum absolute atomic E-state index is 12.2. The Hall–Kier alpha value is -3.55. The van der Waals surface area contributed by atoms with Crippen LogP contribution in [0.5, 0.6) is 0 Å². The number of allylic oxidation sites excluding steroid dienone is 1. The van der Waals surface area contributed by atoms with Gasteiger partial charge in [-0.3, -0.25) is 10.4 Å². The second-order valence-electron chi connectivity index (χ2n) is 6.70. The summed E-state index contributed by atoms with van der Waals surface area (Å²) in [5.74, 6) is 0.654. The van der Waals surface area contributed by atoms with Gasteiger partial charge in [0.1, 0.15) is 0 Å². The molecule has 1 aliphatic heterocycles. The van der Waals surface area contributed by atoms with Crippen molar-refractivity contribution < 1.29 is 4.79 Å². The number of benzene rings is 1. The first-order chi connectivity index (χ1) is 15.0.